The van der Waals surface area contributed by atoms with Crippen molar-refractivity contribution in [3.05, 3.63) is 77.7 Å². The maximum atomic E-state index is 13.0. The standard InChI is InChI=1S/C23H24N6O2/c1-3-4-14-28-21(24-26-27-28)16-31-23(30)20-15-29(19-8-6-5-7-9-19)25-22(20)18-12-10-17(2)11-13-18/h5-13,15H,3-4,14,16H2,1-2H3. The molecule has 4 rings (SSSR count). The minimum atomic E-state index is -0.470. The molecule has 0 saturated carbocycles. The molecule has 0 bridgehead atoms. The van der Waals surface area contributed by atoms with Gasteiger partial charge in [-0.1, -0.05) is 61.4 Å². The summed E-state index contributed by atoms with van der Waals surface area (Å²) in [6.07, 6.45) is 3.68. The van der Waals surface area contributed by atoms with E-state index in [2.05, 4.69) is 27.5 Å². The molecule has 0 saturated heterocycles. The van der Waals surface area contributed by atoms with Crippen molar-refractivity contribution in [3.8, 4) is 16.9 Å². The van der Waals surface area contributed by atoms with Gasteiger partial charge in [-0.3, -0.25) is 0 Å². The lowest BCUT2D eigenvalue weighted by atomic mass is 10.1. The molecule has 0 radical (unpaired) electrons. The summed E-state index contributed by atoms with van der Waals surface area (Å²) < 4.78 is 8.94. The zero-order valence-corrected chi connectivity index (χ0v) is 17.6. The van der Waals surface area contributed by atoms with E-state index in [0.29, 0.717) is 23.6 Å². The van der Waals surface area contributed by atoms with E-state index in [-0.39, 0.29) is 6.61 Å². The van der Waals surface area contributed by atoms with Crippen LogP contribution in [0.15, 0.2) is 60.8 Å². The van der Waals surface area contributed by atoms with Gasteiger partial charge in [-0.25, -0.2) is 14.2 Å². The van der Waals surface area contributed by atoms with Crippen molar-refractivity contribution in [2.45, 2.75) is 39.8 Å². The fourth-order valence-corrected chi connectivity index (χ4v) is 3.18. The van der Waals surface area contributed by atoms with E-state index in [1.165, 1.54) is 0 Å². The number of benzene rings is 2. The van der Waals surface area contributed by atoms with Crippen LogP contribution < -0.4 is 0 Å². The van der Waals surface area contributed by atoms with Crippen LogP contribution >= 0.6 is 0 Å². The molecule has 31 heavy (non-hydrogen) atoms. The second kappa shape index (κ2) is 9.34. The Balaban J connectivity index is 1.61. The summed E-state index contributed by atoms with van der Waals surface area (Å²) in [4.78, 5) is 13.0. The van der Waals surface area contributed by atoms with Gasteiger partial charge in [0.1, 0.15) is 11.3 Å². The van der Waals surface area contributed by atoms with E-state index >= 15 is 0 Å². The maximum absolute atomic E-state index is 13.0. The van der Waals surface area contributed by atoms with Crippen LogP contribution in [0, 0.1) is 6.92 Å². The molecule has 0 spiro atoms. The van der Waals surface area contributed by atoms with Crippen LogP contribution in [0.2, 0.25) is 0 Å². The number of nitrogens with zero attached hydrogens (tertiary/aromatic N) is 6. The van der Waals surface area contributed by atoms with Gasteiger partial charge in [0.15, 0.2) is 12.4 Å². The molecule has 0 amide bonds. The minimum absolute atomic E-state index is 0.000593. The zero-order chi connectivity index (χ0) is 21.6. The Morgan fingerprint density at radius 3 is 2.58 bits per heavy atom. The van der Waals surface area contributed by atoms with E-state index in [1.807, 2.05) is 61.5 Å². The number of tetrazole rings is 1. The third kappa shape index (κ3) is 4.69. The number of hydrogen-bond donors (Lipinski definition) is 0. The summed E-state index contributed by atoms with van der Waals surface area (Å²) in [5.41, 5.74) is 3.80. The predicted molar refractivity (Wildman–Crippen MR) is 116 cm³/mol. The first kappa shape index (κ1) is 20.5. The molecule has 0 unspecified atom stereocenters. The smallest absolute Gasteiger partial charge is 0.342 e. The average Bonchev–Trinajstić information content (AvgIpc) is 3.44. The number of aryl methyl sites for hydroxylation is 2. The normalized spacial score (nSPS) is 10.9. The van der Waals surface area contributed by atoms with Crippen LogP contribution in [-0.2, 0) is 17.9 Å². The van der Waals surface area contributed by atoms with Crippen LogP contribution in [-0.4, -0.2) is 36.0 Å². The first-order valence-electron chi connectivity index (χ1n) is 10.3. The van der Waals surface area contributed by atoms with Crippen molar-refractivity contribution in [2.75, 3.05) is 0 Å². The molecule has 0 aliphatic rings. The highest BCUT2D eigenvalue weighted by molar-refractivity contribution is 5.96. The molecule has 0 N–H and O–H groups in total. The minimum Gasteiger partial charge on any atom is -0.454 e. The summed E-state index contributed by atoms with van der Waals surface area (Å²) in [7, 11) is 0. The molecule has 8 heteroatoms. The molecule has 2 aromatic carbocycles. The van der Waals surface area contributed by atoms with Crippen LogP contribution in [0.4, 0.5) is 0 Å². The van der Waals surface area contributed by atoms with Gasteiger partial charge in [0.2, 0.25) is 0 Å². The largest absolute Gasteiger partial charge is 0.454 e. The second-order valence-corrected chi connectivity index (χ2v) is 7.29. The van der Waals surface area contributed by atoms with Gasteiger partial charge >= 0.3 is 5.97 Å². The zero-order valence-electron chi connectivity index (χ0n) is 17.6. The van der Waals surface area contributed by atoms with E-state index in [4.69, 9.17) is 4.74 Å². The molecule has 0 aliphatic carbocycles. The topological polar surface area (TPSA) is 87.7 Å². The highest BCUT2D eigenvalue weighted by Crippen LogP contribution is 2.25. The Morgan fingerprint density at radius 1 is 1.06 bits per heavy atom. The van der Waals surface area contributed by atoms with Gasteiger partial charge in [0, 0.05) is 18.3 Å². The Kier molecular flexibility index (Phi) is 6.16. The van der Waals surface area contributed by atoms with Gasteiger partial charge in [-0.05, 0) is 35.9 Å². The molecule has 4 aromatic rings. The van der Waals surface area contributed by atoms with Gasteiger partial charge in [0.25, 0.3) is 0 Å². The third-order valence-corrected chi connectivity index (χ3v) is 4.94. The molecule has 8 nitrogen and oxygen atoms in total. The number of esters is 1. The number of unbranched alkanes of at least 4 members (excludes halogenated alkanes) is 1. The van der Waals surface area contributed by atoms with Crippen molar-refractivity contribution >= 4 is 5.97 Å². The molecular weight excluding hydrogens is 392 g/mol. The summed E-state index contributed by atoms with van der Waals surface area (Å²) >= 11 is 0. The molecule has 0 atom stereocenters. The number of aromatic nitrogens is 6. The fraction of sp³-hybridized carbons (Fsp3) is 0.261. The SMILES string of the molecule is CCCCn1nnnc1COC(=O)c1cn(-c2ccccc2)nc1-c1ccc(C)cc1. The number of hydrogen-bond acceptors (Lipinski definition) is 6. The van der Waals surface area contributed by atoms with E-state index < -0.39 is 5.97 Å². The number of ether oxygens (including phenoxy) is 1. The lowest BCUT2D eigenvalue weighted by Crippen LogP contribution is -2.11. The number of para-hydroxylation sites is 1. The third-order valence-electron chi connectivity index (χ3n) is 4.94. The predicted octanol–water partition coefficient (Wildman–Crippen LogP) is 3.99. The highest BCUT2D eigenvalue weighted by atomic mass is 16.5. The Hall–Kier alpha value is -3.81. The van der Waals surface area contributed by atoms with E-state index in [0.717, 1.165) is 29.7 Å². The van der Waals surface area contributed by atoms with Crippen LogP contribution in [0.1, 0.15) is 41.5 Å². The first-order valence-corrected chi connectivity index (χ1v) is 10.3. The molecular formula is C23H24N6O2. The average molecular weight is 416 g/mol. The Labute approximate surface area is 180 Å². The van der Waals surface area contributed by atoms with Crippen LogP contribution in [0.5, 0.6) is 0 Å². The van der Waals surface area contributed by atoms with Crippen molar-refractivity contribution < 1.29 is 9.53 Å². The first-order chi connectivity index (χ1) is 15.2. The fourth-order valence-electron chi connectivity index (χ4n) is 3.18. The van der Waals surface area contributed by atoms with E-state index in [9.17, 15) is 4.79 Å². The summed E-state index contributed by atoms with van der Waals surface area (Å²) in [5.74, 6) is 0.0527. The Bertz CT molecular complexity index is 1150. The second-order valence-electron chi connectivity index (χ2n) is 7.29. The molecule has 0 fully saturated rings. The quantitative estimate of drug-likeness (QED) is 0.404. The summed E-state index contributed by atoms with van der Waals surface area (Å²) in [6, 6.07) is 17.6. The van der Waals surface area contributed by atoms with Crippen molar-refractivity contribution in [1.82, 2.24) is 30.0 Å². The number of carbonyl (C=O) groups excluding carboxylic acids is 1. The molecule has 158 valence electrons. The van der Waals surface area contributed by atoms with Gasteiger partial charge < -0.3 is 4.74 Å². The lowest BCUT2D eigenvalue weighted by molar-refractivity contribution is 0.0457. The number of rotatable bonds is 8. The van der Waals surface area contributed by atoms with Gasteiger partial charge in [0.05, 0.1) is 5.69 Å². The van der Waals surface area contributed by atoms with Crippen molar-refractivity contribution in [2.24, 2.45) is 0 Å². The van der Waals surface area contributed by atoms with Crippen LogP contribution in [0.25, 0.3) is 16.9 Å². The molecule has 0 aliphatic heterocycles. The van der Waals surface area contributed by atoms with E-state index in [1.54, 1.807) is 15.6 Å². The summed E-state index contributed by atoms with van der Waals surface area (Å²) in [6.45, 7) is 4.81. The van der Waals surface area contributed by atoms with Crippen molar-refractivity contribution in [1.29, 1.82) is 0 Å². The number of carbonyl (C=O) groups is 1. The monoisotopic (exact) mass is 416 g/mol. The van der Waals surface area contributed by atoms with Crippen molar-refractivity contribution in [3.63, 3.8) is 0 Å². The van der Waals surface area contributed by atoms with Gasteiger partial charge in [-0.2, -0.15) is 5.10 Å². The molecule has 2 aromatic heterocycles. The Morgan fingerprint density at radius 2 is 1.84 bits per heavy atom. The highest BCUT2D eigenvalue weighted by Gasteiger charge is 2.21. The molecule has 2 heterocycles. The summed E-state index contributed by atoms with van der Waals surface area (Å²) in [5, 5.41) is 16.3. The maximum Gasteiger partial charge on any atom is 0.342 e. The lowest BCUT2D eigenvalue weighted by Gasteiger charge is -2.06. The van der Waals surface area contributed by atoms with Gasteiger partial charge in [-0.15, -0.1) is 5.10 Å². The van der Waals surface area contributed by atoms with Crippen LogP contribution in [0.3, 0.4) is 0 Å².